The van der Waals surface area contributed by atoms with E-state index in [9.17, 15) is 9.90 Å². The van der Waals surface area contributed by atoms with Gasteiger partial charge < -0.3 is 14.7 Å². The molecule has 1 amide bonds. The monoisotopic (exact) mass is 333 g/mol. The minimum absolute atomic E-state index is 0.112. The number of methoxy groups -OCH3 is 1. The number of amides is 1. The quantitative estimate of drug-likeness (QED) is 0.930. The standard InChI is InChI=1S/C18H23NO3S/c1-12-15-11-14(22-2)6-7-16(15)23-17(12)18(21)19-9-4-3-5-13(19)8-10-20/h6-7,11,13,20H,3-5,8-10H2,1-2H3. The molecule has 1 aromatic heterocycles. The SMILES string of the molecule is COc1ccc2sc(C(=O)N3CCCCC3CCO)c(C)c2c1. The van der Waals surface area contributed by atoms with E-state index in [1.54, 1.807) is 18.4 Å². The molecule has 124 valence electrons. The molecular weight excluding hydrogens is 310 g/mol. The van der Waals surface area contributed by atoms with Crippen molar-refractivity contribution < 1.29 is 14.6 Å². The van der Waals surface area contributed by atoms with Crippen LogP contribution in [0.2, 0.25) is 0 Å². The molecule has 1 aliphatic heterocycles. The summed E-state index contributed by atoms with van der Waals surface area (Å²) in [6.07, 6.45) is 3.84. The maximum absolute atomic E-state index is 13.1. The van der Waals surface area contributed by atoms with Gasteiger partial charge in [0.2, 0.25) is 0 Å². The van der Waals surface area contributed by atoms with E-state index in [2.05, 4.69) is 0 Å². The fourth-order valence-electron chi connectivity index (χ4n) is 3.38. The number of carbonyl (C=O) groups excluding carboxylic acids is 1. The lowest BCUT2D eigenvalue weighted by atomic mass is 9.99. The van der Waals surface area contributed by atoms with Crippen molar-refractivity contribution in [3.63, 3.8) is 0 Å². The van der Waals surface area contributed by atoms with E-state index in [4.69, 9.17) is 4.74 Å². The molecule has 1 fully saturated rings. The lowest BCUT2D eigenvalue weighted by molar-refractivity contribution is 0.0579. The number of benzene rings is 1. The minimum atomic E-state index is 0.112. The second-order valence-corrected chi connectivity index (χ2v) is 7.13. The summed E-state index contributed by atoms with van der Waals surface area (Å²) < 4.78 is 6.41. The summed E-state index contributed by atoms with van der Waals surface area (Å²) >= 11 is 1.56. The van der Waals surface area contributed by atoms with E-state index >= 15 is 0 Å². The van der Waals surface area contributed by atoms with E-state index in [1.165, 1.54) is 0 Å². The van der Waals surface area contributed by atoms with E-state index in [0.29, 0.717) is 6.42 Å². The Hall–Kier alpha value is -1.59. The number of carbonyl (C=O) groups is 1. The largest absolute Gasteiger partial charge is 0.497 e. The zero-order valence-corrected chi connectivity index (χ0v) is 14.5. The zero-order valence-electron chi connectivity index (χ0n) is 13.7. The van der Waals surface area contributed by atoms with Gasteiger partial charge in [-0.25, -0.2) is 0 Å². The average Bonchev–Trinajstić information content (AvgIpc) is 2.91. The Labute approximate surface area is 140 Å². The molecule has 2 aromatic rings. The first-order valence-electron chi connectivity index (χ1n) is 8.14. The number of aliphatic hydroxyl groups excluding tert-OH is 1. The third-order valence-corrected chi connectivity index (χ3v) is 5.95. The minimum Gasteiger partial charge on any atom is -0.497 e. The molecule has 0 saturated carbocycles. The van der Waals surface area contributed by atoms with Crippen LogP contribution in [0.5, 0.6) is 5.75 Å². The van der Waals surface area contributed by atoms with Gasteiger partial charge in [-0.1, -0.05) is 0 Å². The highest BCUT2D eigenvalue weighted by molar-refractivity contribution is 7.21. The summed E-state index contributed by atoms with van der Waals surface area (Å²) in [5.41, 5.74) is 1.03. The molecule has 0 spiro atoms. The van der Waals surface area contributed by atoms with Gasteiger partial charge in [-0.2, -0.15) is 0 Å². The van der Waals surface area contributed by atoms with Crippen LogP contribution in [0.25, 0.3) is 10.1 Å². The average molecular weight is 333 g/mol. The molecule has 1 aromatic carbocycles. The Balaban J connectivity index is 1.95. The van der Waals surface area contributed by atoms with Gasteiger partial charge in [0.15, 0.2) is 0 Å². The normalized spacial score (nSPS) is 18.4. The summed E-state index contributed by atoms with van der Waals surface area (Å²) in [6.45, 7) is 2.94. The van der Waals surface area contributed by atoms with Crippen molar-refractivity contribution >= 4 is 27.3 Å². The van der Waals surface area contributed by atoms with Crippen LogP contribution < -0.4 is 4.74 Å². The number of hydrogen-bond donors (Lipinski definition) is 1. The highest BCUT2D eigenvalue weighted by Crippen LogP contribution is 2.35. The van der Waals surface area contributed by atoms with Gasteiger partial charge in [-0.3, -0.25) is 4.79 Å². The van der Waals surface area contributed by atoms with Crippen LogP contribution in [-0.4, -0.2) is 42.2 Å². The van der Waals surface area contributed by atoms with Crippen LogP contribution in [0, 0.1) is 6.92 Å². The Morgan fingerprint density at radius 3 is 3.00 bits per heavy atom. The molecule has 1 unspecified atom stereocenters. The summed E-state index contributed by atoms with van der Waals surface area (Å²) in [4.78, 5) is 15.8. The maximum atomic E-state index is 13.1. The van der Waals surface area contributed by atoms with Gasteiger partial charge >= 0.3 is 0 Å². The van der Waals surface area contributed by atoms with Gasteiger partial charge in [0, 0.05) is 23.9 Å². The van der Waals surface area contributed by atoms with Gasteiger partial charge in [0.25, 0.3) is 5.91 Å². The van der Waals surface area contributed by atoms with Gasteiger partial charge in [-0.05, 0) is 61.8 Å². The third-order valence-electron chi connectivity index (χ3n) is 4.69. The molecule has 0 aliphatic carbocycles. The van der Waals surface area contributed by atoms with E-state index in [1.807, 2.05) is 30.0 Å². The topological polar surface area (TPSA) is 49.8 Å². The van der Waals surface area contributed by atoms with E-state index < -0.39 is 0 Å². The maximum Gasteiger partial charge on any atom is 0.264 e. The number of aliphatic hydroxyl groups is 1. The zero-order chi connectivity index (χ0) is 16.4. The lowest BCUT2D eigenvalue weighted by Gasteiger charge is -2.35. The van der Waals surface area contributed by atoms with Crippen LogP contribution in [0.4, 0.5) is 0 Å². The van der Waals surface area contributed by atoms with Crippen LogP contribution >= 0.6 is 11.3 Å². The second kappa shape index (κ2) is 6.89. The molecule has 1 N–H and O–H groups in total. The molecule has 1 atom stereocenters. The predicted octanol–water partition coefficient (Wildman–Crippen LogP) is 3.60. The molecule has 23 heavy (non-hydrogen) atoms. The number of fused-ring (bicyclic) bond motifs is 1. The van der Waals surface area contributed by atoms with Crippen LogP contribution in [0.1, 0.15) is 40.9 Å². The van der Waals surface area contributed by atoms with Crippen LogP contribution in [0.15, 0.2) is 18.2 Å². The van der Waals surface area contributed by atoms with Crippen molar-refractivity contribution in [2.45, 2.75) is 38.6 Å². The van der Waals surface area contributed by atoms with E-state index in [-0.39, 0.29) is 18.6 Å². The molecule has 1 aliphatic rings. The number of nitrogens with zero attached hydrogens (tertiary/aromatic N) is 1. The van der Waals surface area contributed by atoms with Crippen molar-refractivity contribution in [1.82, 2.24) is 4.90 Å². The van der Waals surface area contributed by atoms with Crippen molar-refractivity contribution in [1.29, 1.82) is 0 Å². The Bertz CT molecular complexity index is 708. The molecule has 4 nitrogen and oxygen atoms in total. The smallest absolute Gasteiger partial charge is 0.264 e. The van der Waals surface area contributed by atoms with Crippen LogP contribution in [-0.2, 0) is 0 Å². The number of rotatable bonds is 4. The molecule has 0 bridgehead atoms. The summed E-state index contributed by atoms with van der Waals surface area (Å²) in [5.74, 6) is 0.925. The fraction of sp³-hybridized carbons (Fsp3) is 0.500. The summed E-state index contributed by atoms with van der Waals surface area (Å²) in [7, 11) is 1.65. The Morgan fingerprint density at radius 2 is 2.26 bits per heavy atom. The fourth-order valence-corrected chi connectivity index (χ4v) is 4.52. The number of aryl methyl sites for hydroxylation is 1. The Kier molecular flexibility index (Phi) is 4.87. The highest BCUT2D eigenvalue weighted by atomic mass is 32.1. The predicted molar refractivity (Wildman–Crippen MR) is 93.5 cm³/mol. The van der Waals surface area contributed by atoms with Gasteiger partial charge in [0.1, 0.15) is 5.75 Å². The first-order valence-corrected chi connectivity index (χ1v) is 8.96. The molecule has 3 rings (SSSR count). The molecule has 1 saturated heterocycles. The molecule has 0 radical (unpaired) electrons. The number of likely N-dealkylation sites (tertiary alicyclic amines) is 1. The molecular formula is C18H23NO3S. The van der Waals surface area contributed by atoms with Crippen molar-refractivity contribution in [2.75, 3.05) is 20.3 Å². The third kappa shape index (κ3) is 3.08. The number of thiophene rings is 1. The molecule has 5 heteroatoms. The summed E-state index contributed by atoms with van der Waals surface area (Å²) in [5, 5.41) is 10.4. The van der Waals surface area contributed by atoms with Crippen molar-refractivity contribution in [2.24, 2.45) is 0 Å². The summed E-state index contributed by atoms with van der Waals surface area (Å²) in [6, 6.07) is 6.12. The van der Waals surface area contributed by atoms with Crippen molar-refractivity contribution in [3.8, 4) is 5.75 Å². The molecule has 2 heterocycles. The first-order chi connectivity index (χ1) is 11.2. The second-order valence-electron chi connectivity index (χ2n) is 6.08. The highest BCUT2D eigenvalue weighted by Gasteiger charge is 2.29. The number of piperidine rings is 1. The van der Waals surface area contributed by atoms with Crippen molar-refractivity contribution in [3.05, 3.63) is 28.6 Å². The Morgan fingerprint density at radius 1 is 1.43 bits per heavy atom. The number of ether oxygens (including phenoxy) is 1. The lowest BCUT2D eigenvalue weighted by Crippen LogP contribution is -2.44. The van der Waals surface area contributed by atoms with E-state index in [0.717, 1.165) is 52.1 Å². The number of hydrogen-bond acceptors (Lipinski definition) is 4. The van der Waals surface area contributed by atoms with Gasteiger partial charge in [-0.15, -0.1) is 11.3 Å². The van der Waals surface area contributed by atoms with Crippen LogP contribution in [0.3, 0.4) is 0 Å². The first kappa shape index (κ1) is 16.3. The van der Waals surface area contributed by atoms with Gasteiger partial charge in [0.05, 0.1) is 12.0 Å².